The molecule has 3 rings (SSSR count). The molecule has 2 atom stereocenters. The molecule has 104 valence electrons. The summed E-state index contributed by atoms with van der Waals surface area (Å²) in [6.07, 6.45) is 6.19. The monoisotopic (exact) mass is 262 g/mol. The van der Waals surface area contributed by atoms with E-state index in [2.05, 4.69) is 16.8 Å². The van der Waals surface area contributed by atoms with Crippen LogP contribution in [0.5, 0.6) is 0 Å². The molecular formula is C15H22N2O2. The second-order valence-corrected chi connectivity index (χ2v) is 6.00. The fraction of sp³-hybridized carbons (Fsp3) is 0.667. The number of ether oxygens (including phenoxy) is 1. The number of aliphatic hydroxyl groups is 1. The van der Waals surface area contributed by atoms with Crippen molar-refractivity contribution in [3.05, 3.63) is 24.5 Å². The van der Waals surface area contributed by atoms with Crippen LogP contribution in [0.3, 0.4) is 0 Å². The molecule has 1 aromatic rings. The third-order valence-corrected chi connectivity index (χ3v) is 5.41. The van der Waals surface area contributed by atoms with E-state index in [1.54, 1.807) is 7.11 Å². The van der Waals surface area contributed by atoms with Gasteiger partial charge in [0.15, 0.2) is 0 Å². The zero-order chi connectivity index (χ0) is 13.5. The van der Waals surface area contributed by atoms with E-state index in [9.17, 15) is 5.11 Å². The summed E-state index contributed by atoms with van der Waals surface area (Å²) in [4.78, 5) is 6.43. The lowest BCUT2D eigenvalue weighted by molar-refractivity contribution is -0.253. The van der Waals surface area contributed by atoms with Gasteiger partial charge in [-0.15, -0.1) is 0 Å². The number of anilines is 1. The minimum Gasteiger partial charge on any atom is -0.392 e. The van der Waals surface area contributed by atoms with Crippen LogP contribution >= 0.6 is 0 Å². The second kappa shape index (κ2) is 4.46. The van der Waals surface area contributed by atoms with E-state index in [0.717, 1.165) is 32.4 Å². The molecular weight excluding hydrogens is 240 g/mol. The molecule has 0 aromatic carbocycles. The summed E-state index contributed by atoms with van der Waals surface area (Å²) in [6.45, 7) is 4.09. The van der Waals surface area contributed by atoms with Crippen molar-refractivity contribution in [3.63, 3.8) is 0 Å². The van der Waals surface area contributed by atoms with Crippen LogP contribution in [0.15, 0.2) is 24.5 Å². The number of methoxy groups -OCH3 is 1. The highest BCUT2D eigenvalue weighted by molar-refractivity contribution is 5.45. The normalized spacial score (nSPS) is 33.2. The maximum atomic E-state index is 10.2. The van der Waals surface area contributed by atoms with E-state index in [0.29, 0.717) is 0 Å². The Morgan fingerprint density at radius 1 is 1.32 bits per heavy atom. The summed E-state index contributed by atoms with van der Waals surface area (Å²) >= 11 is 0. The predicted octanol–water partition coefficient (Wildman–Crippen LogP) is 1.84. The third-order valence-electron chi connectivity index (χ3n) is 5.41. The lowest BCUT2D eigenvalue weighted by atomic mass is 9.51. The zero-order valence-corrected chi connectivity index (χ0v) is 11.7. The fourth-order valence-corrected chi connectivity index (χ4v) is 3.86. The van der Waals surface area contributed by atoms with Gasteiger partial charge in [-0.1, -0.05) is 0 Å². The Morgan fingerprint density at radius 2 is 1.95 bits per heavy atom. The molecule has 19 heavy (non-hydrogen) atoms. The summed E-state index contributed by atoms with van der Waals surface area (Å²) in [7, 11) is 1.77. The Bertz CT molecular complexity index is 443. The van der Waals surface area contributed by atoms with Crippen LogP contribution in [0.4, 0.5) is 5.69 Å². The number of hydrogen-bond acceptors (Lipinski definition) is 4. The molecule has 4 nitrogen and oxygen atoms in total. The molecule has 2 unspecified atom stereocenters. The van der Waals surface area contributed by atoms with Crippen molar-refractivity contribution in [1.29, 1.82) is 0 Å². The number of piperidine rings is 1. The highest BCUT2D eigenvalue weighted by atomic mass is 16.5. The van der Waals surface area contributed by atoms with E-state index in [1.807, 2.05) is 24.5 Å². The molecule has 2 fully saturated rings. The van der Waals surface area contributed by atoms with Crippen LogP contribution in [0.2, 0.25) is 0 Å². The van der Waals surface area contributed by atoms with Gasteiger partial charge in [0, 0.05) is 50.1 Å². The van der Waals surface area contributed by atoms with E-state index in [-0.39, 0.29) is 17.1 Å². The largest absolute Gasteiger partial charge is 0.392 e. The van der Waals surface area contributed by atoms with Crippen LogP contribution in [-0.4, -0.2) is 42.0 Å². The van der Waals surface area contributed by atoms with Crippen molar-refractivity contribution < 1.29 is 9.84 Å². The predicted molar refractivity (Wildman–Crippen MR) is 74.2 cm³/mol. The lowest BCUT2D eigenvalue weighted by Crippen LogP contribution is -2.69. The van der Waals surface area contributed by atoms with Gasteiger partial charge in [-0.25, -0.2) is 0 Å². The van der Waals surface area contributed by atoms with E-state index >= 15 is 0 Å². The Hall–Kier alpha value is -1.13. The van der Waals surface area contributed by atoms with E-state index < -0.39 is 0 Å². The summed E-state index contributed by atoms with van der Waals surface area (Å²) in [6, 6.07) is 4.09. The van der Waals surface area contributed by atoms with Crippen LogP contribution in [0, 0.1) is 5.41 Å². The van der Waals surface area contributed by atoms with Crippen LogP contribution in [0.1, 0.15) is 26.2 Å². The molecule has 1 saturated carbocycles. The van der Waals surface area contributed by atoms with Gasteiger partial charge in [0.1, 0.15) is 0 Å². The van der Waals surface area contributed by atoms with Gasteiger partial charge in [-0.2, -0.15) is 0 Å². The minimum absolute atomic E-state index is 0.0503. The quantitative estimate of drug-likeness (QED) is 0.883. The summed E-state index contributed by atoms with van der Waals surface area (Å²) < 4.78 is 5.69. The maximum absolute atomic E-state index is 10.2. The van der Waals surface area contributed by atoms with E-state index in [1.165, 1.54) is 5.69 Å². The molecule has 0 radical (unpaired) electrons. The molecule has 1 saturated heterocycles. The van der Waals surface area contributed by atoms with Crippen molar-refractivity contribution in [2.45, 2.75) is 37.9 Å². The second-order valence-electron chi connectivity index (χ2n) is 6.00. The summed E-state index contributed by atoms with van der Waals surface area (Å²) in [5, 5.41) is 10.2. The van der Waals surface area contributed by atoms with Gasteiger partial charge >= 0.3 is 0 Å². The average molecular weight is 262 g/mol. The van der Waals surface area contributed by atoms with Gasteiger partial charge in [-0.3, -0.25) is 4.98 Å². The minimum atomic E-state index is -0.211. The molecule has 2 aliphatic rings. The number of pyridine rings is 1. The molecule has 1 aliphatic carbocycles. The fourth-order valence-electron chi connectivity index (χ4n) is 3.86. The Labute approximate surface area is 114 Å². The topological polar surface area (TPSA) is 45.6 Å². The smallest absolute Gasteiger partial charge is 0.0757 e. The average Bonchev–Trinajstić information content (AvgIpc) is 2.48. The van der Waals surface area contributed by atoms with Gasteiger partial charge in [0.2, 0.25) is 0 Å². The van der Waals surface area contributed by atoms with Crippen molar-refractivity contribution in [3.8, 4) is 0 Å². The van der Waals surface area contributed by atoms with Gasteiger partial charge < -0.3 is 14.7 Å². The van der Waals surface area contributed by atoms with Gasteiger partial charge in [-0.05, 0) is 31.9 Å². The van der Waals surface area contributed by atoms with Crippen LogP contribution < -0.4 is 4.90 Å². The molecule has 1 spiro atoms. The Balaban J connectivity index is 1.73. The third kappa shape index (κ3) is 1.77. The van der Waals surface area contributed by atoms with Crippen molar-refractivity contribution in [2.24, 2.45) is 5.41 Å². The van der Waals surface area contributed by atoms with Gasteiger partial charge in [0.05, 0.1) is 11.7 Å². The molecule has 0 bridgehead atoms. The molecule has 2 heterocycles. The number of nitrogens with zero attached hydrogens (tertiary/aromatic N) is 2. The first-order valence-corrected chi connectivity index (χ1v) is 6.99. The first-order chi connectivity index (χ1) is 9.11. The van der Waals surface area contributed by atoms with E-state index in [4.69, 9.17) is 4.74 Å². The first kappa shape index (κ1) is 12.9. The number of aromatic nitrogens is 1. The molecule has 1 N–H and O–H groups in total. The van der Waals surface area contributed by atoms with Crippen LogP contribution in [0.25, 0.3) is 0 Å². The SMILES string of the molecule is COC1(C)CC(O)C12CCN(c1ccncc1)CC2. The summed E-state index contributed by atoms with van der Waals surface area (Å²) in [5.41, 5.74) is 1.01. The number of rotatable bonds is 2. The van der Waals surface area contributed by atoms with Crippen molar-refractivity contribution >= 4 is 5.69 Å². The number of hydrogen-bond donors (Lipinski definition) is 1. The Morgan fingerprint density at radius 3 is 2.47 bits per heavy atom. The molecule has 1 aromatic heterocycles. The maximum Gasteiger partial charge on any atom is 0.0757 e. The molecule has 1 aliphatic heterocycles. The van der Waals surface area contributed by atoms with Crippen molar-refractivity contribution in [1.82, 2.24) is 4.98 Å². The summed E-state index contributed by atoms with van der Waals surface area (Å²) in [5.74, 6) is 0. The molecule has 0 amide bonds. The highest BCUT2D eigenvalue weighted by Crippen LogP contribution is 2.58. The zero-order valence-electron chi connectivity index (χ0n) is 11.7. The lowest BCUT2D eigenvalue weighted by Gasteiger charge is -2.63. The number of aliphatic hydroxyl groups excluding tert-OH is 1. The first-order valence-electron chi connectivity index (χ1n) is 6.99. The Kier molecular flexibility index (Phi) is 3.02. The highest BCUT2D eigenvalue weighted by Gasteiger charge is 2.63. The van der Waals surface area contributed by atoms with Crippen LogP contribution in [-0.2, 0) is 4.74 Å². The molecule has 4 heteroatoms. The van der Waals surface area contributed by atoms with Gasteiger partial charge in [0.25, 0.3) is 0 Å². The standard InChI is InChI=1S/C15H22N2O2/c1-14(19-2)11-13(18)15(14)5-9-17(10-6-15)12-3-7-16-8-4-12/h3-4,7-8,13,18H,5-6,9-11H2,1-2H3. The van der Waals surface area contributed by atoms with Crippen molar-refractivity contribution in [2.75, 3.05) is 25.1 Å².